The minimum Gasteiger partial charge on any atom is -0.377 e. The second-order valence-corrected chi connectivity index (χ2v) is 7.53. The maximum atomic E-state index is 5.11. The molecule has 0 unspecified atom stereocenters. The molecule has 2 aliphatic rings. The molecule has 1 saturated heterocycles. The molecule has 1 saturated carbocycles. The standard InChI is InChI=1S/C17H24N6OS/c1-12-9-16(19-11-18-12)23(13-3-4-13)14-5-7-22(8-6-14)17-20-15(10-24-2)21-25-17/h9,11,13-14H,3-8,10H2,1-2H3. The summed E-state index contributed by atoms with van der Waals surface area (Å²) >= 11 is 1.47. The molecule has 0 spiro atoms. The Morgan fingerprint density at radius 2 is 1.96 bits per heavy atom. The second-order valence-electron chi connectivity index (χ2n) is 6.80. The fourth-order valence-corrected chi connectivity index (χ4v) is 4.23. The number of aryl methyl sites for hydroxylation is 1. The summed E-state index contributed by atoms with van der Waals surface area (Å²) in [5.74, 6) is 1.87. The maximum absolute atomic E-state index is 5.11. The fourth-order valence-electron chi connectivity index (χ4n) is 3.50. The summed E-state index contributed by atoms with van der Waals surface area (Å²) in [4.78, 5) is 18.3. The number of piperidine rings is 1. The van der Waals surface area contributed by atoms with Gasteiger partial charge in [-0.2, -0.15) is 4.37 Å². The van der Waals surface area contributed by atoms with Crippen LogP contribution in [0.1, 0.15) is 37.2 Å². The molecule has 0 N–H and O–H groups in total. The average Bonchev–Trinajstić information content (AvgIpc) is 3.34. The zero-order chi connectivity index (χ0) is 17.2. The zero-order valence-electron chi connectivity index (χ0n) is 14.8. The van der Waals surface area contributed by atoms with Crippen LogP contribution in [0.3, 0.4) is 0 Å². The minimum absolute atomic E-state index is 0.482. The van der Waals surface area contributed by atoms with E-state index in [2.05, 4.69) is 35.2 Å². The lowest BCUT2D eigenvalue weighted by molar-refractivity contribution is 0.179. The van der Waals surface area contributed by atoms with Crippen molar-refractivity contribution >= 4 is 22.5 Å². The van der Waals surface area contributed by atoms with Gasteiger partial charge in [0.25, 0.3) is 0 Å². The summed E-state index contributed by atoms with van der Waals surface area (Å²) in [5, 5.41) is 1.02. The van der Waals surface area contributed by atoms with Crippen LogP contribution in [0.2, 0.25) is 0 Å². The molecule has 0 radical (unpaired) electrons. The van der Waals surface area contributed by atoms with Crippen LogP contribution < -0.4 is 9.80 Å². The molecule has 7 nitrogen and oxygen atoms in total. The van der Waals surface area contributed by atoms with Crippen molar-refractivity contribution in [3.05, 3.63) is 23.9 Å². The zero-order valence-corrected chi connectivity index (χ0v) is 15.6. The third-order valence-electron chi connectivity index (χ3n) is 4.85. The summed E-state index contributed by atoms with van der Waals surface area (Å²) in [6, 6.07) is 3.32. The van der Waals surface area contributed by atoms with Gasteiger partial charge in [-0.1, -0.05) is 0 Å². The van der Waals surface area contributed by atoms with Crippen LogP contribution in [0.5, 0.6) is 0 Å². The van der Waals surface area contributed by atoms with E-state index < -0.39 is 0 Å². The molecule has 0 atom stereocenters. The van der Waals surface area contributed by atoms with E-state index in [0.29, 0.717) is 18.7 Å². The van der Waals surface area contributed by atoms with Crippen LogP contribution in [-0.2, 0) is 11.3 Å². The lowest BCUT2D eigenvalue weighted by atomic mass is 10.0. The van der Waals surface area contributed by atoms with Crippen molar-refractivity contribution in [2.75, 3.05) is 30.0 Å². The van der Waals surface area contributed by atoms with Crippen molar-refractivity contribution in [3.8, 4) is 0 Å². The Bertz CT molecular complexity index is 711. The van der Waals surface area contributed by atoms with E-state index in [-0.39, 0.29) is 0 Å². The van der Waals surface area contributed by atoms with Crippen LogP contribution in [0.15, 0.2) is 12.4 Å². The molecule has 1 aliphatic heterocycles. The van der Waals surface area contributed by atoms with Gasteiger partial charge in [-0.3, -0.25) is 0 Å². The molecule has 8 heteroatoms. The highest BCUT2D eigenvalue weighted by atomic mass is 32.1. The topological polar surface area (TPSA) is 67.3 Å². The van der Waals surface area contributed by atoms with E-state index >= 15 is 0 Å². The van der Waals surface area contributed by atoms with Gasteiger partial charge in [0.15, 0.2) is 5.82 Å². The number of ether oxygens (including phenoxy) is 1. The highest BCUT2D eigenvalue weighted by Gasteiger charge is 2.36. The van der Waals surface area contributed by atoms with Crippen LogP contribution in [-0.4, -0.2) is 51.6 Å². The monoisotopic (exact) mass is 360 g/mol. The second kappa shape index (κ2) is 7.21. The first-order chi connectivity index (χ1) is 12.2. The van der Waals surface area contributed by atoms with Crippen molar-refractivity contribution in [1.82, 2.24) is 19.3 Å². The number of rotatable bonds is 6. The number of methoxy groups -OCH3 is 1. The Balaban J connectivity index is 1.43. The van der Waals surface area contributed by atoms with Gasteiger partial charge in [0, 0.05) is 55.6 Å². The van der Waals surface area contributed by atoms with Crippen molar-refractivity contribution in [2.24, 2.45) is 0 Å². The number of aromatic nitrogens is 4. The summed E-state index contributed by atoms with van der Waals surface area (Å²) in [6.07, 6.45) is 6.49. The Hall–Kier alpha value is -1.80. The lowest BCUT2D eigenvalue weighted by Crippen LogP contribution is -2.46. The number of hydrogen-bond acceptors (Lipinski definition) is 8. The van der Waals surface area contributed by atoms with Gasteiger partial charge in [-0.15, -0.1) is 0 Å². The average molecular weight is 360 g/mol. The van der Waals surface area contributed by atoms with E-state index in [1.54, 1.807) is 13.4 Å². The molecule has 0 amide bonds. The quantitative estimate of drug-likeness (QED) is 0.783. The van der Waals surface area contributed by atoms with Gasteiger partial charge >= 0.3 is 0 Å². The van der Waals surface area contributed by atoms with E-state index in [9.17, 15) is 0 Å². The summed E-state index contributed by atoms with van der Waals surface area (Å²) < 4.78 is 9.48. The van der Waals surface area contributed by atoms with Crippen LogP contribution in [0.4, 0.5) is 10.9 Å². The molecule has 2 aromatic heterocycles. The summed E-state index contributed by atoms with van der Waals surface area (Å²) in [6.45, 7) is 4.54. The molecule has 0 bridgehead atoms. The highest BCUT2D eigenvalue weighted by molar-refractivity contribution is 7.09. The molecular weight excluding hydrogens is 336 g/mol. The Morgan fingerprint density at radius 1 is 1.20 bits per heavy atom. The highest BCUT2D eigenvalue weighted by Crippen LogP contribution is 2.36. The smallest absolute Gasteiger partial charge is 0.205 e. The number of hydrogen-bond donors (Lipinski definition) is 0. The van der Waals surface area contributed by atoms with E-state index in [4.69, 9.17) is 4.74 Å². The maximum Gasteiger partial charge on any atom is 0.205 e. The largest absolute Gasteiger partial charge is 0.377 e. The van der Waals surface area contributed by atoms with Crippen molar-refractivity contribution in [1.29, 1.82) is 0 Å². The molecule has 0 aromatic carbocycles. The SMILES string of the molecule is COCc1nsc(N2CCC(N(c3cc(C)ncn3)C3CC3)CC2)n1. The molecule has 2 fully saturated rings. The molecule has 3 heterocycles. The Kier molecular flexibility index (Phi) is 4.80. The predicted octanol–water partition coefficient (Wildman–Crippen LogP) is 2.42. The van der Waals surface area contributed by atoms with E-state index in [1.807, 2.05) is 6.92 Å². The molecule has 25 heavy (non-hydrogen) atoms. The van der Waals surface area contributed by atoms with Crippen molar-refractivity contribution < 1.29 is 4.74 Å². The molecule has 2 aromatic rings. The summed E-state index contributed by atoms with van der Waals surface area (Å²) in [5.41, 5.74) is 1.03. The Morgan fingerprint density at radius 3 is 2.64 bits per heavy atom. The first-order valence-electron chi connectivity index (χ1n) is 8.88. The normalized spacial score (nSPS) is 18.6. The van der Waals surface area contributed by atoms with Crippen molar-refractivity contribution in [3.63, 3.8) is 0 Å². The molecule has 134 valence electrons. The van der Waals surface area contributed by atoms with Crippen LogP contribution in [0, 0.1) is 6.92 Å². The minimum atomic E-state index is 0.482. The Labute approximate surface area is 152 Å². The van der Waals surface area contributed by atoms with Gasteiger partial charge in [0.1, 0.15) is 18.8 Å². The lowest BCUT2D eigenvalue weighted by Gasteiger charge is -2.39. The third-order valence-corrected chi connectivity index (χ3v) is 5.67. The van der Waals surface area contributed by atoms with Gasteiger partial charge in [-0.25, -0.2) is 15.0 Å². The van der Waals surface area contributed by atoms with Gasteiger partial charge < -0.3 is 14.5 Å². The third kappa shape index (κ3) is 3.74. The molecule has 1 aliphatic carbocycles. The van der Waals surface area contributed by atoms with Gasteiger partial charge in [0.2, 0.25) is 5.13 Å². The van der Waals surface area contributed by atoms with Crippen LogP contribution in [0.25, 0.3) is 0 Å². The van der Waals surface area contributed by atoms with E-state index in [0.717, 1.165) is 48.4 Å². The first-order valence-corrected chi connectivity index (χ1v) is 9.65. The van der Waals surface area contributed by atoms with E-state index in [1.165, 1.54) is 24.4 Å². The number of nitrogens with zero attached hydrogens (tertiary/aromatic N) is 6. The first kappa shape index (κ1) is 16.7. The number of anilines is 2. The van der Waals surface area contributed by atoms with Gasteiger partial charge in [0.05, 0.1) is 0 Å². The summed E-state index contributed by atoms with van der Waals surface area (Å²) in [7, 11) is 1.67. The van der Waals surface area contributed by atoms with Crippen molar-refractivity contribution in [2.45, 2.75) is 51.3 Å². The molecular formula is C17H24N6OS. The predicted molar refractivity (Wildman–Crippen MR) is 98.1 cm³/mol. The van der Waals surface area contributed by atoms with Gasteiger partial charge in [-0.05, 0) is 32.6 Å². The molecule has 4 rings (SSSR count). The fraction of sp³-hybridized carbons (Fsp3) is 0.647. The van der Waals surface area contributed by atoms with Crippen LogP contribution >= 0.6 is 11.5 Å².